The highest BCUT2D eigenvalue weighted by Crippen LogP contribution is 2.43. The smallest absolute Gasteiger partial charge is 0.306 e. The average Bonchev–Trinajstić information content (AvgIpc) is 3.15. The number of ether oxygens (including phenoxy) is 6. The molecule has 0 aliphatic rings. The summed E-state index contributed by atoms with van der Waals surface area (Å²) in [6, 6.07) is 14.2. The van der Waals surface area contributed by atoms with E-state index in [9.17, 15) is 9.59 Å². The molecular formula is C45H68O8. The quantitative estimate of drug-likeness (QED) is 0.0380. The molecule has 0 aliphatic carbocycles. The third-order valence-electron chi connectivity index (χ3n) is 9.36. The Kier molecular flexibility index (Phi) is 22.0. The van der Waals surface area contributed by atoms with Crippen LogP contribution in [-0.2, 0) is 28.5 Å². The maximum atomic E-state index is 12.8. The monoisotopic (exact) mass is 736 g/mol. The van der Waals surface area contributed by atoms with Crippen LogP contribution in [0, 0.1) is 6.92 Å². The minimum absolute atomic E-state index is 0.160. The number of rotatable bonds is 30. The summed E-state index contributed by atoms with van der Waals surface area (Å²) in [7, 11) is 0. The largest absolute Gasteiger partial charge is 0.488 e. The molecule has 0 aromatic heterocycles. The van der Waals surface area contributed by atoms with Gasteiger partial charge in [-0.1, -0.05) is 134 Å². The molecule has 8 nitrogen and oxygen atoms in total. The van der Waals surface area contributed by atoms with Crippen molar-refractivity contribution in [3.8, 4) is 11.5 Å². The van der Waals surface area contributed by atoms with Crippen molar-refractivity contribution in [2.45, 2.75) is 150 Å². The molecule has 3 rings (SSSR count). The first-order valence-corrected chi connectivity index (χ1v) is 20.7. The van der Waals surface area contributed by atoms with Gasteiger partial charge in [0.25, 0.3) is 0 Å². The predicted molar refractivity (Wildman–Crippen MR) is 215 cm³/mol. The number of carbonyl (C=O) groups is 2. The van der Waals surface area contributed by atoms with E-state index in [0.717, 1.165) is 104 Å². The van der Waals surface area contributed by atoms with Crippen LogP contribution in [0.2, 0.25) is 0 Å². The Morgan fingerprint density at radius 1 is 0.509 bits per heavy atom. The molecule has 3 aromatic rings. The van der Waals surface area contributed by atoms with E-state index in [1.807, 2.05) is 24.3 Å². The van der Waals surface area contributed by atoms with Crippen LogP contribution in [0.3, 0.4) is 0 Å². The first-order valence-electron chi connectivity index (χ1n) is 20.7. The van der Waals surface area contributed by atoms with Gasteiger partial charge >= 0.3 is 11.9 Å². The van der Waals surface area contributed by atoms with E-state index < -0.39 is 12.2 Å². The fourth-order valence-corrected chi connectivity index (χ4v) is 6.33. The van der Waals surface area contributed by atoms with Gasteiger partial charge in [-0.3, -0.25) is 9.59 Å². The van der Waals surface area contributed by atoms with Crippen LogP contribution in [0.1, 0.15) is 136 Å². The Morgan fingerprint density at radius 2 is 0.943 bits per heavy atom. The SMILES string of the molecule is CCCCCCOCC(COc1c2ccccc2c(OCC(COCCCCCC)OC(=O)CCCCC)c2cc(C)ccc12)OC(=O)CCCCC. The molecule has 2 atom stereocenters. The second-order valence-electron chi connectivity index (χ2n) is 14.3. The first kappa shape index (κ1) is 44.0. The zero-order valence-electron chi connectivity index (χ0n) is 33.5. The molecule has 8 heteroatoms. The number of unbranched alkanes of at least 4 members (excludes halogenated alkanes) is 10. The zero-order chi connectivity index (χ0) is 38.1. The lowest BCUT2D eigenvalue weighted by molar-refractivity contribution is -0.155. The number of benzene rings is 3. The molecule has 0 N–H and O–H groups in total. The Balaban J connectivity index is 1.86. The molecule has 0 saturated heterocycles. The van der Waals surface area contributed by atoms with Crippen LogP contribution in [0.15, 0.2) is 42.5 Å². The highest BCUT2D eigenvalue weighted by molar-refractivity contribution is 6.11. The van der Waals surface area contributed by atoms with Gasteiger partial charge in [-0.2, -0.15) is 0 Å². The number of hydrogen-bond acceptors (Lipinski definition) is 8. The van der Waals surface area contributed by atoms with E-state index in [4.69, 9.17) is 28.4 Å². The Labute approximate surface area is 319 Å². The second kappa shape index (κ2) is 26.4. The number of aryl methyl sites for hydroxylation is 1. The molecule has 2 unspecified atom stereocenters. The van der Waals surface area contributed by atoms with Crippen LogP contribution in [0.5, 0.6) is 11.5 Å². The molecule has 0 radical (unpaired) electrons. The normalized spacial score (nSPS) is 12.5. The highest BCUT2D eigenvalue weighted by Gasteiger charge is 2.22. The summed E-state index contributed by atoms with van der Waals surface area (Å²) in [6.45, 7) is 12.8. The van der Waals surface area contributed by atoms with Crippen molar-refractivity contribution in [1.29, 1.82) is 0 Å². The summed E-state index contributed by atoms with van der Waals surface area (Å²) in [5.74, 6) is 0.964. The minimum atomic E-state index is -0.542. The minimum Gasteiger partial charge on any atom is -0.488 e. The van der Waals surface area contributed by atoms with Gasteiger partial charge < -0.3 is 28.4 Å². The van der Waals surface area contributed by atoms with Gasteiger partial charge in [0.1, 0.15) is 24.7 Å². The average molecular weight is 737 g/mol. The van der Waals surface area contributed by atoms with Crippen LogP contribution >= 0.6 is 0 Å². The topological polar surface area (TPSA) is 89.5 Å². The van der Waals surface area contributed by atoms with Gasteiger partial charge in [-0.25, -0.2) is 0 Å². The molecule has 0 aliphatic heterocycles. The van der Waals surface area contributed by atoms with Crippen molar-refractivity contribution in [2.75, 3.05) is 39.6 Å². The van der Waals surface area contributed by atoms with Gasteiger partial charge in [0.05, 0.1) is 13.2 Å². The van der Waals surface area contributed by atoms with Crippen LogP contribution < -0.4 is 9.47 Å². The van der Waals surface area contributed by atoms with E-state index in [1.165, 1.54) is 12.8 Å². The van der Waals surface area contributed by atoms with E-state index in [0.29, 0.717) is 37.6 Å². The standard InChI is InChI=1S/C45H68O8/c1-6-10-14-20-28-48-31-36(52-42(46)24-16-12-8-3)33-50-44-38-22-18-19-23-39(38)45(41-30-35(5)26-27-40(41)44)51-34-37(32-49-29-21-15-11-7-2)53-43(47)25-17-13-9-4/h18-19,22-23,26-27,30,36-37H,6-17,20-21,24-25,28-29,31-34H2,1-5H3. The van der Waals surface area contributed by atoms with Gasteiger partial charge in [-0.05, 0) is 38.7 Å². The summed E-state index contributed by atoms with van der Waals surface area (Å²) in [4.78, 5) is 25.6. The molecule has 0 fully saturated rings. The lowest BCUT2D eigenvalue weighted by atomic mass is 9.99. The molecule has 0 amide bonds. The molecule has 3 aromatic carbocycles. The summed E-state index contributed by atoms with van der Waals surface area (Å²) < 4.78 is 37.2. The number of fused-ring (bicyclic) bond motifs is 2. The molecule has 296 valence electrons. The number of esters is 2. The fraction of sp³-hybridized carbons (Fsp3) is 0.644. The van der Waals surface area contributed by atoms with Gasteiger partial charge in [0, 0.05) is 47.6 Å². The van der Waals surface area contributed by atoms with Crippen LogP contribution in [0.25, 0.3) is 21.5 Å². The lowest BCUT2D eigenvalue weighted by Gasteiger charge is -2.23. The maximum Gasteiger partial charge on any atom is 0.306 e. The Hall–Kier alpha value is -3.36. The molecule has 53 heavy (non-hydrogen) atoms. The van der Waals surface area contributed by atoms with E-state index in [1.54, 1.807) is 0 Å². The summed E-state index contributed by atoms with van der Waals surface area (Å²) >= 11 is 0. The predicted octanol–water partition coefficient (Wildman–Crippen LogP) is 11.2. The second-order valence-corrected chi connectivity index (χ2v) is 14.3. The van der Waals surface area contributed by atoms with E-state index in [-0.39, 0.29) is 38.4 Å². The van der Waals surface area contributed by atoms with Crippen molar-refractivity contribution in [2.24, 2.45) is 0 Å². The third kappa shape index (κ3) is 16.3. The maximum absolute atomic E-state index is 12.8. The molecular weight excluding hydrogens is 668 g/mol. The van der Waals surface area contributed by atoms with E-state index >= 15 is 0 Å². The van der Waals surface area contributed by atoms with Crippen molar-refractivity contribution in [3.63, 3.8) is 0 Å². The fourth-order valence-electron chi connectivity index (χ4n) is 6.33. The van der Waals surface area contributed by atoms with E-state index in [2.05, 4.69) is 52.8 Å². The molecule has 0 saturated carbocycles. The molecule has 0 bridgehead atoms. The summed E-state index contributed by atoms with van der Waals surface area (Å²) in [5.41, 5.74) is 1.08. The summed E-state index contributed by atoms with van der Waals surface area (Å²) in [5, 5.41) is 3.55. The Morgan fingerprint density at radius 3 is 1.42 bits per heavy atom. The zero-order valence-corrected chi connectivity index (χ0v) is 33.5. The van der Waals surface area contributed by atoms with Crippen molar-refractivity contribution >= 4 is 33.5 Å². The summed E-state index contributed by atoms with van der Waals surface area (Å²) in [6.07, 6.45) is 14.2. The molecule has 0 spiro atoms. The third-order valence-corrected chi connectivity index (χ3v) is 9.36. The lowest BCUT2D eigenvalue weighted by Crippen LogP contribution is -2.30. The Bertz CT molecular complexity index is 1470. The van der Waals surface area contributed by atoms with Gasteiger partial charge in [-0.15, -0.1) is 0 Å². The van der Waals surface area contributed by atoms with Crippen molar-refractivity contribution in [1.82, 2.24) is 0 Å². The number of hydrogen-bond donors (Lipinski definition) is 0. The number of carbonyl (C=O) groups excluding carboxylic acids is 2. The molecule has 0 heterocycles. The van der Waals surface area contributed by atoms with Crippen LogP contribution in [0.4, 0.5) is 0 Å². The van der Waals surface area contributed by atoms with Crippen molar-refractivity contribution < 1.29 is 38.0 Å². The first-order chi connectivity index (χ1) is 25.9. The van der Waals surface area contributed by atoms with Crippen molar-refractivity contribution in [3.05, 3.63) is 48.0 Å². The van der Waals surface area contributed by atoms with Crippen LogP contribution in [-0.4, -0.2) is 63.8 Å². The van der Waals surface area contributed by atoms with Gasteiger partial charge in [0.15, 0.2) is 12.2 Å². The van der Waals surface area contributed by atoms with Gasteiger partial charge in [0.2, 0.25) is 0 Å². The highest BCUT2D eigenvalue weighted by atomic mass is 16.6.